The SMILES string of the molecule is CC(C)N(N=Cc1c(Cl)cccc1Cl)C(C)C. The van der Waals surface area contributed by atoms with E-state index in [1.165, 1.54) is 0 Å². The number of rotatable bonds is 4. The highest BCUT2D eigenvalue weighted by molar-refractivity contribution is 6.38. The predicted octanol–water partition coefficient (Wildman–Crippen LogP) is 4.45. The summed E-state index contributed by atoms with van der Waals surface area (Å²) < 4.78 is 0. The molecule has 0 saturated heterocycles. The second-order valence-corrected chi connectivity index (χ2v) is 5.26. The molecular weight excluding hydrogens is 255 g/mol. The molecule has 0 unspecified atom stereocenters. The van der Waals surface area contributed by atoms with Crippen molar-refractivity contribution in [1.82, 2.24) is 5.01 Å². The van der Waals surface area contributed by atoms with Crippen LogP contribution in [0.15, 0.2) is 23.3 Å². The molecule has 0 atom stereocenters. The van der Waals surface area contributed by atoms with Crippen LogP contribution in [0.4, 0.5) is 0 Å². The van der Waals surface area contributed by atoms with E-state index in [4.69, 9.17) is 23.2 Å². The highest BCUT2D eigenvalue weighted by Crippen LogP contribution is 2.22. The van der Waals surface area contributed by atoms with Gasteiger partial charge in [0.25, 0.3) is 0 Å². The lowest BCUT2D eigenvalue weighted by molar-refractivity contribution is 0.185. The molecule has 0 aliphatic rings. The average Bonchev–Trinajstić information content (AvgIpc) is 2.21. The fourth-order valence-electron chi connectivity index (χ4n) is 1.62. The van der Waals surface area contributed by atoms with Crippen molar-refractivity contribution in [3.8, 4) is 0 Å². The first kappa shape index (κ1) is 14.3. The van der Waals surface area contributed by atoms with Crippen LogP contribution in [0.25, 0.3) is 0 Å². The van der Waals surface area contributed by atoms with Crippen molar-refractivity contribution in [1.29, 1.82) is 0 Å². The molecule has 0 heterocycles. The van der Waals surface area contributed by atoms with Crippen molar-refractivity contribution in [2.45, 2.75) is 39.8 Å². The Morgan fingerprint density at radius 2 is 1.53 bits per heavy atom. The van der Waals surface area contributed by atoms with Crippen LogP contribution in [0.3, 0.4) is 0 Å². The molecule has 2 nitrogen and oxygen atoms in total. The standard InChI is InChI=1S/C13H18Cl2N2/c1-9(2)17(10(3)4)16-8-11-12(14)6-5-7-13(11)15/h5-10H,1-4H3. The lowest BCUT2D eigenvalue weighted by atomic mass is 10.2. The Labute approximate surface area is 113 Å². The van der Waals surface area contributed by atoms with E-state index in [-0.39, 0.29) is 0 Å². The Morgan fingerprint density at radius 3 is 1.94 bits per heavy atom. The summed E-state index contributed by atoms with van der Waals surface area (Å²) in [6, 6.07) is 6.12. The summed E-state index contributed by atoms with van der Waals surface area (Å²) in [5, 5.41) is 7.71. The quantitative estimate of drug-likeness (QED) is 0.584. The van der Waals surface area contributed by atoms with Gasteiger partial charge in [-0.2, -0.15) is 5.10 Å². The summed E-state index contributed by atoms with van der Waals surface area (Å²) in [6.45, 7) is 8.41. The smallest absolute Gasteiger partial charge is 0.0573 e. The van der Waals surface area contributed by atoms with Crippen LogP contribution in [0.5, 0.6) is 0 Å². The van der Waals surface area contributed by atoms with E-state index in [0.717, 1.165) is 5.56 Å². The molecular formula is C13H18Cl2N2. The molecule has 94 valence electrons. The molecule has 0 bridgehead atoms. The third-order valence-electron chi connectivity index (χ3n) is 2.38. The van der Waals surface area contributed by atoms with Crippen molar-refractivity contribution < 1.29 is 0 Å². The van der Waals surface area contributed by atoms with E-state index in [1.54, 1.807) is 6.21 Å². The van der Waals surface area contributed by atoms with Gasteiger partial charge in [-0.25, -0.2) is 0 Å². The van der Waals surface area contributed by atoms with Gasteiger partial charge < -0.3 is 0 Å². The van der Waals surface area contributed by atoms with E-state index < -0.39 is 0 Å². The third-order valence-corrected chi connectivity index (χ3v) is 3.04. The van der Waals surface area contributed by atoms with Gasteiger partial charge in [0.2, 0.25) is 0 Å². The van der Waals surface area contributed by atoms with E-state index in [2.05, 4.69) is 32.8 Å². The number of halogens is 2. The van der Waals surface area contributed by atoms with Gasteiger partial charge in [0.05, 0.1) is 16.3 Å². The molecule has 0 saturated carbocycles. The van der Waals surface area contributed by atoms with Crippen LogP contribution in [0.1, 0.15) is 33.3 Å². The minimum absolute atomic E-state index is 0.340. The monoisotopic (exact) mass is 272 g/mol. The third kappa shape index (κ3) is 3.90. The van der Waals surface area contributed by atoms with Gasteiger partial charge in [-0.05, 0) is 39.8 Å². The van der Waals surface area contributed by atoms with E-state index in [0.29, 0.717) is 22.1 Å². The zero-order valence-electron chi connectivity index (χ0n) is 10.6. The topological polar surface area (TPSA) is 15.6 Å². The van der Waals surface area contributed by atoms with Crippen molar-refractivity contribution in [3.05, 3.63) is 33.8 Å². The van der Waals surface area contributed by atoms with Gasteiger partial charge >= 0.3 is 0 Å². The number of hydrogen-bond donors (Lipinski definition) is 0. The zero-order chi connectivity index (χ0) is 13.0. The Bertz CT molecular complexity index is 372. The molecule has 1 aromatic carbocycles. The molecule has 17 heavy (non-hydrogen) atoms. The molecule has 1 rings (SSSR count). The van der Waals surface area contributed by atoms with Gasteiger partial charge in [0, 0.05) is 17.6 Å². The Kier molecular flexibility index (Phi) is 5.29. The van der Waals surface area contributed by atoms with Crippen molar-refractivity contribution in [2.24, 2.45) is 5.10 Å². The minimum Gasteiger partial charge on any atom is -0.292 e. The van der Waals surface area contributed by atoms with Crippen LogP contribution in [0.2, 0.25) is 10.0 Å². The summed E-state index contributed by atoms with van der Waals surface area (Å²) >= 11 is 12.2. The molecule has 0 N–H and O–H groups in total. The number of hydrazone groups is 1. The summed E-state index contributed by atoms with van der Waals surface area (Å²) in [4.78, 5) is 0. The van der Waals surface area contributed by atoms with Gasteiger partial charge in [0.1, 0.15) is 0 Å². The number of nitrogens with zero attached hydrogens (tertiary/aromatic N) is 2. The zero-order valence-corrected chi connectivity index (χ0v) is 12.1. The summed E-state index contributed by atoms with van der Waals surface area (Å²) in [7, 11) is 0. The fourth-order valence-corrected chi connectivity index (χ4v) is 2.12. The molecule has 0 fully saturated rings. The molecule has 1 aromatic rings. The molecule has 0 aliphatic heterocycles. The molecule has 0 aliphatic carbocycles. The highest BCUT2D eigenvalue weighted by Gasteiger charge is 2.10. The second kappa shape index (κ2) is 6.27. The molecule has 4 heteroatoms. The maximum Gasteiger partial charge on any atom is 0.0573 e. The lowest BCUT2D eigenvalue weighted by Gasteiger charge is -2.27. The number of benzene rings is 1. The Hall–Kier alpha value is -0.730. The van der Waals surface area contributed by atoms with Crippen LogP contribution in [-0.2, 0) is 0 Å². The number of hydrogen-bond acceptors (Lipinski definition) is 2. The van der Waals surface area contributed by atoms with Crippen LogP contribution in [0, 0.1) is 0 Å². The van der Waals surface area contributed by atoms with E-state index in [9.17, 15) is 0 Å². The molecule has 0 spiro atoms. The maximum absolute atomic E-state index is 6.08. The van der Waals surface area contributed by atoms with Gasteiger partial charge in [-0.3, -0.25) is 5.01 Å². The first-order valence-electron chi connectivity index (χ1n) is 5.69. The van der Waals surface area contributed by atoms with Crippen LogP contribution < -0.4 is 0 Å². The summed E-state index contributed by atoms with van der Waals surface area (Å²) in [5.74, 6) is 0. The lowest BCUT2D eigenvalue weighted by Crippen LogP contribution is -2.32. The Morgan fingerprint density at radius 1 is 1.06 bits per heavy atom. The molecule has 0 amide bonds. The van der Waals surface area contributed by atoms with Crippen molar-refractivity contribution in [2.75, 3.05) is 0 Å². The molecule has 0 aromatic heterocycles. The largest absolute Gasteiger partial charge is 0.292 e. The first-order valence-corrected chi connectivity index (χ1v) is 6.45. The van der Waals surface area contributed by atoms with Crippen molar-refractivity contribution in [3.63, 3.8) is 0 Å². The van der Waals surface area contributed by atoms with E-state index >= 15 is 0 Å². The van der Waals surface area contributed by atoms with Gasteiger partial charge in [-0.1, -0.05) is 29.3 Å². The maximum atomic E-state index is 6.08. The normalized spacial score (nSPS) is 11.8. The molecule has 0 radical (unpaired) electrons. The van der Waals surface area contributed by atoms with Crippen LogP contribution in [-0.4, -0.2) is 23.3 Å². The Balaban J connectivity index is 2.96. The van der Waals surface area contributed by atoms with E-state index in [1.807, 2.05) is 23.2 Å². The fraction of sp³-hybridized carbons (Fsp3) is 0.462. The average molecular weight is 273 g/mol. The minimum atomic E-state index is 0.340. The van der Waals surface area contributed by atoms with Crippen molar-refractivity contribution >= 4 is 29.4 Å². The predicted molar refractivity (Wildman–Crippen MR) is 76.2 cm³/mol. The first-order chi connectivity index (χ1) is 7.93. The second-order valence-electron chi connectivity index (χ2n) is 4.45. The highest BCUT2D eigenvalue weighted by atomic mass is 35.5. The summed E-state index contributed by atoms with van der Waals surface area (Å²) in [5.41, 5.74) is 0.766. The van der Waals surface area contributed by atoms with Crippen LogP contribution >= 0.6 is 23.2 Å². The summed E-state index contributed by atoms with van der Waals surface area (Å²) in [6.07, 6.45) is 1.73. The van der Waals surface area contributed by atoms with Gasteiger partial charge in [-0.15, -0.1) is 0 Å². The van der Waals surface area contributed by atoms with Gasteiger partial charge in [0.15, 0.2) is 0 Å².